The first-order valence-corrected chi connectivity index (χ1v) is 7.29. The Labute approximate surface area is 115 Å². The zero-order valence-corrected chi connectivity index (χ0v) is 11.7. The van der Waals surface area contributed by atoms with Crippen molar-refractivity contribution in [1.29, 1.82) is 0 Å². The zero-order chi connectivity index (χ0) is 13.1. The van der Waals surface area contributed by atoms with Crippen molar-refractivity contribution in [3.05, 3.63) is 59.7 Å². The van der Waals surface area contributed by atoms with Crippen molar-refractivity contribution in [1.82, 2.24) is 0 Å². The highest BCUT2D eigenvalue weighted by atomic mass is 15.1. The van der Waals surface area contributed by atoms with Gasteiger partial charge >= 0.3 is 0 Å². The summed E-state index contributed by atoms with van der Waals surface area (Å²) in [6.45, 7) is 2.49. The summed E-state index contributed by atoms with van der Waals surface area (Å²) in [7, 11) is 2.28. The van der Waals surface area contributed by atoms with Crippen molar-refractivity contribution in [2.24, 2.45) is 0 Å². The van der Waals surface area contributed by atoms with Crippen molar-refractivity contribution in [2.75, 3.05) is 20.1 Å². The average molecular weight is 252 g/mol. The van der Waals surface area contributed by atoms with E-state index in [4.69, 9.17) is 0 Å². The highest BCUT2D eigenvalue weighted by Gasteiger charge is 2.10. The van der Waals surface area contributed by atoms with E-state index in [1.54, 1.807) is 10.5 Å². The minimum Gasteiger partial charge on any atom is -0.334 e. The van der Waals surface area contributed by atoms with Gasteiger partial charge in [-0.3, -0.25) is 0 Å². The molecule has 3 rings (SSSR count). The first kappa shape index (κ1) is 12.4. The third-order valence-electron chi connectivity index (χ3n) is 4.21. The van der Waals surface area contributed by atoms with Gasteiger partial charge in [0.05, 0.1) is 20.1 Å². The fraction of sp³-hybridized carbons (Fsp3) is 0.333. The fourth-order valence-electron chi connectivity index (χ4n) is 2.93. The molecule has 0 aliphatic carbocycles. The summed E-state index contributed by atoms with van der Waals surface area (Å²) < 4.78 is 0. The van der Waals surface area contributed by atoms with Crippen LogP contribution in [0, 0.1) is 0 Å². The Hall–Kier alpha value is -1.60. The molecule has 2 aromatic carbocycles. The lowest BCUT2D eigenvalue weighted by molar-refractivity contribution is -0.874. The van der Waals surface area contributed by atoms with Crippen LogP contribution in [0.4, 0.5) is 0 Å². The van der Waals surface area contributed by atoms with Crippen molar-refractivity contribution in [3.63, 3.8) is 0 Å². The monoisotopic (exact) mass is 252 g/mol. The van der Waals surface area contributed by atoms with Crippen LogP contribution < -0.4 is 4.90 Å². The number of aryl methyl sites for hydroxylation is 1. The summed E-state index contributed by atoms with van der Waals surface area (Å²) in [5.74, 6) is 0. The summed E-state index contributed by atoms with van der Waals surface area (Å²) >= 11 is 0. The van der Waals surface area contributed by atoms with E-state index in [0.29, 0.717) is 0 Å². The Balaban J connectivity index is 1.75. The molecule has 1 N–H and O–H groups in total. The zero-order valence-electron chi connectivity index (χ0n) is 11.7. The van der Waals surface area contributed by atoms with Crippen LogP contribution in [0.3, 0.4) is 0 Å². The van der Waals surface area contributed by atoms with Crippen LogP contribution in [-0.4, -0.2) is 20.1 Å². The van der Waals surface area contributed by atoms with Gasteiger partial charge in [0.2, 0.25) is 0 Å². The van der Waals surface area contributed by atoms with Gasteiger partial charge in [-0.1, -0.05) is 48.0 Å². The lowest BCUT2D eigenvalue weighted by atomic mass is 9.96. The number of benzene rings is 2. The first-order valence-electron chi connectivity index (χ1n) is 7.29. The maximum atomic E-state index is 2.45. The molecule has 2 aromatic rings. The van der Waals surface area contributed by atoms with Crippen LogP contribution in [0.25, 0.3) is 10.8 Å². The molecule has 1 aliphatic heterocycles. The SMILES string of the molecule is C[NH+]1CC=C(CCc2cccc3ccccc23)CC1. The molecule has 1 heterocycles. The summed E-state index contributed by atoms with van der Waals surface area (Å²) in [5, 5.41) is 2.78. The molecule has 0 aromatic heterocycles. The highest BCUT2D eigenvalue weighted by Crippen LogP contribution is 2.21. The number of nitrogens with one attached hydrogen (secondary N) is 1. The van der Waals surface area contributed by atoms with Gasteiger partial charge in [-0.25, -0.2) is 0 Å². The highest BCUT2D eigenvalue weighted by molar-refractivity contribution is 5.85. The van der Waals surface area contributed by atoms with Gasteiger partial charge in [0.25, 0.3) is 0 Å². The molecular weight excluding hydrogens is 230 g/mol. The molecule has 0 radical (unpaired) electrons. The van der Waals surface area contributed by atoms with Crippen molar-refractivity contribution < 1.29 is 4.90 Å². The van der Waals surface area contributed by atoms with E-state index in [9.17, 15) is 0 Å². The molecule has 19 heavy (non-hydrogen) atoms. The van der Waals surface area contributed by atoms with E-state index in [1.807, 2.05) is 0 Å². The number of hydrogen-bond donors (Lipinski definition) is 1. The third-order valence-corrected chi connectivity index (χ3v) is 4.21. The number of hydrogen-bond acceptors (Lipinski definition) is 0. The van der Waals surface area contributed by atoms with Crippen molar-refractivity contribution >= 4 is 10.8 Å². The average Bonchev–Trinajstić information content (AvgIpc) is 2.47. The normalized spacial score (nSPS) is 19.4. The van der Waals surface area contributed by atoms with Gasteiger partial charge in [0.15, 0.2) is 0 Å². The van der Waals surface area contributed by atoms with Crippen LogP contribution in [0.2, 0.25) is 0 Å². The summed E-state index contributed by atoms with van der Waals surface area (Å²) in [6, 6.07) is 15.4. The van der Waals surface area contributed by atoms with E-state index in [2.05, 4.69) is 55.6 Å². The second-order valence-corrected chi connectivity index (χ2v) is 5.66. The largest absolute Gasteiger partial charge is 0.334 e. The predicted octanol–water partition coefficient (Wildman–Crippen LogP) is 2.62. The van der Waals surface area contributed by atoms with Crippen LogP contribution in [0.1, 0.15) is 18.4 Å². The maximum absolute atomic E-state index is 2.45. The molecule has 1 atom stereocenters. The van der Waals surface area contributed by atoms with Gasteiger partial charge in [-0.15, -0.1) is 0 Å². The van der Waals surface area contributed by atoms with E-state index in [-0.39, 0.29) is 0 Å². The molecule has 0 saturated heterocycles. The van der Waals surface area contributed by atoms with Crippen molar-refractivity contribution in [3.8, 4) is 0 Å². The number of quaternary nitrogens is 1. The Morgan fingerprint density at radius 3 is 2.68 bits per heavy atom. The number of fused-ring (bicyclic) bond motifs is 1. The van der Waals surface area contributed by atoms with Gasteiger partial charge in [0.1, 0.15) is 0 Å². The lowest BCUT2D eigenvalue weighted by Gasteiger charge is -2.19. The topological polar surface area (TPSA) is 4.44 Å². The van der Waals surface area contributed by atoms with E-state index < -0.39 is 0 Å². The second-order valence-electron chi connectivity index (χ2n) is 5.66. The molecule has 1 nitrogen and oxygen atoms in total. The maximum Gasteiger partial charge on any atom is 0.0958 e. The molecule has 1 heteroatoms. The molecule has 0 spiro atoms. The molecule has 98 valence electrons. The predicted molar refractivity (Wildman–Crippen MR) is 81.6 cm³/mol. The van der Waals surface area contributed by atoms with E-state index in [1.165, 1.54) is 48.7 Å². The molecule has 0 fully saturated rings. The van der Waals surface area contributed by atoms with Crippen LogP contribution in [0.5, 0.6) is 0 Å². The molecule has 0 bridgehead atoms. The van der Waals surface area contributed by atoms with E-state index in [0.717, 1.165) is 0 Å². The van der Waals surface area contributed by atoms with Gasteiger partial charge in [-0.2, -0.15) is 0 Å². The quantitative estimate of drug-likeness (QED) is 0.801. The first-order chi connectivity index (χ1) is 9.33. The number of rotatable bonds is 3. The van der Waals surface area contributed by atoms with Crippen LogP contribution >= 0.6 is 0 Å². The smallest absolute Gasteiger partial charge is 0.0958 e. The van der Waals surface area contributed by atoms with Crippen LogP contribution in [0.15, 0.2) is 54.1 Å². The van der Waals surface area contributed by atoms with E-state index >= 15 is 0 Å². The third kappa shape index (κ3) is 2.87. The molecule has 0 amide bonds. The molecule has 1 aliphatic rings. The summed E-state index contributed by atoms with van der Waals surface area (Å²) in [6.07, 6.45) is 6.12. The standard InChI is InChI=1S/C18H21N/c1-19-13-11-15(12-14-19)9-10-17-7-4-6-16-5-2-3-8-18(16)17/h2-8,11H,9-10,12-14H2,1H3/p+1. The molecule has 0 saturated carbocycles. The fourth-order valence-corrected chi connectivity index (χ4v) is 2.93. The number of likely N-dealkylation sites (N-methyl/N-ethyl adjacent to an activating group) is 1. The van der Waals surface area contributed by atoms with Gasteiger partial charge in [-0.05, 0) is 35.3 Å². The Kier molecular flexibility index (Phi) is 3.65. The minimum absolute atomic E-state index is 1.17. The second kappa shape index (κ2) is 5.58. The minimum atomic E-state index is 1.17. The van der Waals surface area contributed by atoms with Gasteiger partial charge < -0.3 is 4.90 Å². The Morgan fingerprint density at radius 2 is 1.84 bits per heavy atom. The van der Waals surface area contributed by atoms with Crippen LogP contribution in [-0.2, 0) is 6.42 Å². The summed E-state index contributed by atoms with van der Waals surface area (Å²) in [4.78, 5) is 1.63. The summed E-state index contributed by atoms with van der Waals surface area (Å²) in [5.41, 5.74) is 3.14. The molecular formula is C18H22N+. The Morgan fingerprint density at radius 1 is 1.00 bits per heavy atom. The molecule has 1 unspecified atom stereocenters. The Bertz CT molecular complexity index is 592. The van der Waals surface area contributed by atoms with Crippen molar-refractivity contribution in [2.45, 2.75) is 19.3 Å². The lowest BCUT2D eigenvalue weighted by Crippen LogP contribution is -3.09. The van der Waals surface area contributed by atoms with Gasteiger partial charge in [0, 0.05) is 6.42 Å².